The minimum atomic E-state index is 0.650. The number of ether oxygens (including phenoxy) is 1. The average molecular weight is 417 g/mol. The molecule has 0 saturated heterocycles. The van der Waals surface area contributed by atoms with E-state index in [9.17, 15) is 0 Å². The molecular weight excluding hydrogens is 388 g/mol. The maximum absolute atomic E-state index is 5.69. The molecule has 152 valence electrons. The highest BCUT2D eigenvalue weighted by molar-refractivity contribution is 7.99. The topological polar surface area (TPSA) is 103 Å². The van der Waals surface area contributed by atoms with Crippen molar-refractivity contribution in [1.82, 2.24) is 50.2 Å². The van der Waals surface area contributed by atoms with Gasteiger partial charge in [0, 0.05) is 24.6 Å². The van der Waals surface area contributed by atoms with Gasteiger partial charge in [0.1, 0.15) is 0 Å². The first kappa shape index (κ1) is 22.0. The summed E-state index contributed by atoms with van der Waals surface area (Å²) in [6, 6.07) is 0. The molecule has 11 nitrogen and oxygen atoms in total. The molecule has 2 aromatic rings. The zero-order valence-electron chi connectivity index (χ0n) is 16.4. The summed E-state index contributed by atoms with van der Waals surface area (Å²) >= 11 is 3.22. The van der Waals surface area contributed by atoms with E-state index in [1.54, 1.807) is 23.5 Å². The molecule has 0 bridgehead atoms. The molecule has 2 heterocycles. The van der Waals surface area contributed by atoms with Crippen molar-refractivity contribution in [1.29, 1.82) is 0 Å². The standard InChI is InChI=1S/C14H28N10OS2/c1-21(2)5-7-23-13(15-17-19-23)26-11-9-25-10-12-27-14-16-18-20-24(14)8-6-22(3)4/h5-12H2,1-4H3. The number of likely N-dealkylation sites (N-methyl/N-ethyl adjacent to an activating group) is 2. The molecule has 2 rings (SSSR count). The van der Waals surface area contributed by atoms with E-state index >= 15 is 0 Å². The number of aromatic nitrogens is 8. The molecule has 0 atom stereocenters. The van der Waals surface area contributed by atoms with Gasteiger partial charge < -0.3 is 14.5 Å². The fourth-order valence-corrected chi connectivity index (χ4v) is 3.47. The van der Waals surface area contributed by atoms with E-state index in [2.05, 4.69) is 40.9 Å². The van der Waals surface area contributed by atoms with E-state index in [1.165, 1.54) is 0 Å². The molecule has 0 amide bonds. The van der Waals surface area contributed by atoms with Gasteiger partial charge in [-0.05, 0) is 49.0 Å². The van der Waals surface area contributed by atoms with Crippen LogP contribution in [0.25, 0.3) is 0 Å². The highest BCUT2D eigenvalue weighted by Gasteiger charge is 2.08. The van der Waals surface area contributed by atoms with Crippen molar-refractivity contribution >= 4 is 23.5 Å². The number of thioether (sulfide) groups is 2. The quantitative estimate of drug-likeness (QED) is 0.299. The van der Waals surface area contributed by atoms with Gasteiger partial charge in [-0.2, -0.15) is 0 Å². The van der Waals surface area contributed by atoms with Crippen molar-refractivity contribution in [2.75, 3.05) is 66.0 Å². The minimum Gasteiger partial charge on any atom is -0.380 e. The van der Waals surface area contributed by atoms with Gasteiger partial charge in [-0.3, -0.25) is 0 Å². The lowest BCUT2D eigenvalue weighted by atomic mass is 10.6. The lowest BCUT2D eigenvalue weighted by Gasteiger charge is -2.10. The van der Waals surface area contributed by atoms with Crippen LogP contribution in [0.15, 0.2) is 10.3 Å². The molecule has 0 fully saturated rings. The van der Waals surface area contributed by atoms with E-state index in [-0.39, 0.29) is 0 Å². The Hall–Kier alpha value is -1.28. The van der Waals surface area contributed by atoms with E-state index in [0.29, 0.717) is 13.2 Å². The molecule has 0 unspecified atom stereocenters. The summed E-state index contributed by atoms with van der Waals surface area (Å²) in [4.78, 5) is 4.21. The van der Waals surface area contributed by atoms with Crippen LogP contribution in [0.4, 0.5) is 0 Å². The van der Waals surface area contributed by atoms with Gasteiger partial charge in [0.2, 0.25) is 10.3 Å². The van der Waals surface area contributed by atoms with E-state index in [0.717, 1.165) is 48.0 Å². The third-order valence-electron chi connectivity index (χ3n) is 3.43. The summed E-state index contributed by atoms with van der Waals surface area (Å²) < 4.78 is 9.35. The van der Waals surface area contributed by atoms with Crippen LogP contribution in [0.1, 0.15) is 0 Å². The molecule has 0 aromatic carbocycles. The first-order chi connectivity index (χ1) is 13.1. The highest BCUT2D eigenvalue weighted by Crippen LogP contribution is 2.15. The molecule has 13 heteroatoms. The van der Waals surface area contributed by atoms with Crippen molar-refractivity contribution in [2.24, 2.45) is 0 Å². The molecular formula is C14H28N10OS2. The average Bonchev–Trinajstić information content (AvgIpc) is 3.26. The number of hydrogen-bond donors (Lipinski definition) is 0. The second-order valence-electron chi connectivity index (χ2n) is 6.29. The SMILES string of the molecule is CN(C)CCn1nnnc1SCCOCCSc1nnnn1CCN(C)C. The van der Waals surface area contributed by atoms with Gasteiger partial charge in [-0.1, -0.05) is 23.5 Å². The molecule has 0 spiro atoms. The summed E-state index contributed by atoms with van der Waals surface area (Å²) in [5, 5.41) is 25.3. The van der Waals surface area contributed by atoms with E-state index in [1.807, 2.05) is 37.6 Å². The Bertz CT molecular complexity index is 593. The predicted octanol–water partition coefficient (Wildman–Crippen LogP) is -0.316. The molecule has 2 aromatic heterocycles. The molecule has 0 radical (unpaired) electrons. The van der Waals surface area contributed by atoms with E-state index < -0.39 is 0 Å². The number of nitrogens with zero attached hydrogens (tertiary/aromatic N) is 10. The van der Waals surface area contributed by atoms with E-state index in [4.69, 9.17) is 4.74 Å². The number of rotatable bonds is 14. The second-order valence-corrected chi connectivity index (χ2v) is 8.41. The number of hydrogen-bond acceptors (Lipinski definition) is 11. The van der Waals surface area contributed by atoms with Gasteiger partial charge in [0.25, 0.3) is 0 Å². The number of tetrazole rings is 2. The lowest BCUT2D eigenvalue weighted by Crippen LogP contribution is -2.19. The Morgan fingerprint density at radius 1 is 0.778 bits per heavy atom. The maximum Gasteiger partial charge on any atom is 0.209 e. The molecule has 0 saturated carbocycles. The third kappa shape index (κ3) is 8.51. The Labute approximate surface area is 168 Å². The molecule has 27 heavy (non-hydrogen) atoms. The second kappa shape index (κ2) is 12.2. The lowest BCUT2D eigenvalue weighted by molar-refractivity contribution is 0.167. The zero-order valence-corrected chi connectivity index (χ0v) is 18.0. The van der Waals surface area contributed by atoms with Crippen LogP contribution in [-0.2, 0) is 17.8 Å². The van der Waals surface area contributed by atoms with Crippen LogP contribution in [0.5, 0.6) is 0 Å². The predicted molar refractivity (Wildman–Crippen MR) is 105 cm³/mol. The fraction of sp³-hybridized carbons (Fsp3) is 0.857. The van der Waals surface area contributed by atoms with Crippen LogP contribution in [-0.4, -0.2) is 116 Å². The smallest absolute Gasteiger partial charge is 0.209 e. The van der Waals surface area contributed by atoms with Crippen LogP contribution >= 0.6 is 23.5 Å². The van der Waals surface area contributed by atoms with Crippen LogP contribution < -0.4 is 0 Å². The van der Waals surface area contributed by atoms with Crippen molar-refractivity contribution in [3.05, 3.63) is 0 Å². The van der Waals surface area contributed by atoms with Crippen molar-refractivity contribution in [3.8, 4) is 0 Å². The van der Waals surface area contributed by atoms with Crippen LogP contribution in [0.3, 0.4) is 0 Å². The highest BCUT2D eigenvalue weighted by atomic mass is 32.2. The molecule has 0 aliphatic carbocycles. The third-order valence-corrected chi connectivity index (χ3v) is 5.28. The monoisotopic (exact) mass is 416 g/mol. The Morgan fingerprint density at radius 3 is 1.63 bits per heavy atom. The molecule has 0 aliphatic heterocycles. The van der Waals surface area contributed by atoms with Gasteiger partial charge in [-0.25, -0.2) is 9.36 Å². The van der Waals surface area contributed by atoms with Gasteiger partial charge in [0.05, 0.1) is 26.3 Å². The Morgan fingerprint density at radius 2 is 1.22 bits per heavy atom. The Balaban J connectivity index is 1.57. The van der Waals surface area contributed by atoms with Crippen LogP contribution in [0, 0.1) is 0 Å². The molecule has 0 aliphatic rings. The summed E-state index contributed by atoms with van der Waals surface area (Å²) in [6.07, 6.45) is 0. The summed E-state index contributed by atoms with van der Waals surface area (Å²) in [5.74, 6) is 1.63. The fourth-order valence-electron chi connectivity index (χ4n) is 1.96. The first-order valence-corrected chi connectivity index (χ1v) is 10.7. The molecule has 0 N–H and O–H groups in total. The maximum atomic E-state index is 5.69. The summed E-state index contributed by atoms with van der Waals surface area (Å²) in [7, 11) is 8.13. The van der Waals surface area contributed by atoms with Crippen molar-refractivity contribution in [3.63, 3.8) is 0 Å². The van der Waals surface area contributed by atoms with Crippen LogP contribution in [0.2, 0.25) is 0 Å². The minimum absolute atomic E-state index is 0.650. The van der Waals surface area contributed by atoms with Gasteiger partial charge in [0.15, 0.2) is 0 Å². The zero-order chi connectivity index (χ0) is 19.5. The van der Waals surface area contributed by atoms with Crippen molar-refractivity contribution in [2.45, 2.75) is 23.4 Å². The largest absolute Gasteiger partial charge is 0.380 e. The summed E-state index contributed by atoms with van der Waals surface area (Å²) in [6.45, 7) is 4.67. The first-order valence-electron chi connectivity index (χ1n) is 8.71. The van der Waals surface area contributed by atoms with Gasteiger partial charge in [-0.15, -0.1) is 10.2 Å². The Kier molecular flexibility index (Phi) is 9.97. The normalized spacial score (nSPS) is 11.8. The summed E-state index contributed by atoms with van der Waals surface area (Å²) in [5.41, 5.74) is 0. The van der Waals surface area contributed by atoms with Gasteiger partial charge >= 0.3 is 0 Å². The van der Waals surface area contributed by atoms with Crippen molar-refractivity contribution < 1.29 is 4.74 Å².